The van der Waals surface area contributed by atoms with E-state index in [1.165, 1.54) is 11.1 Å². The smallest absolute Gasteiger partial charge is 0.191 e. The van der Waals surface area contributed by atoms with Gasteiger partial charge in [0.15, 0.2) is 5.96 Å². The third-order valence-electron chi connectivity index (χ3n) is 3.67. The van der Waals surface area contributed by atoms with Crippen LogP contribution < -0.4 is 10.6 Å². The van der Waals surface area contributed by atoms with Crippen LogP contribution in [-0.2, 0) is 24.4 Å². The highest BCUT2D eigenvalue weighted by atomic mass is 127. The van der Waals surface area contributed by atoms with E-state index >= 15 is 0 Å². The van der Waals surface area contributed by atoms with Crippen LogP contribution in [0.4, 0.5) is 0 Å². The second-order valence-corrected chi connectivity index (χ2v) is 7.06. The molecule has 0 saturated heterocycles. The number of aliphatic imine (C=N–C) groups is 1. The Morgan fingerprint density at radius 2 is 1.88 bits per heavy atom. The van der Waals surface area contributed by atoms with Crippen molar-refractivity contribution in [3.63, 3.8) is 0 Å². The first kappa shape index (κ1) is 22.9. The van der Waals surface area contributed by atoms with Gasteiger partial charge in [0.05, 0.1) is 25.4 Å². The number of nitrogens with zero attached hydrogens (tertiary/aromatic N) is 2. The van der Waals surface area contributed by atoms with Gasteiger partial charge in [0.2, 0.25) is 0 Å². The maximum absolute atomic E-state index is 5.14. The van der Waals surface area contributed by atoms with E-state index in [1.54, 1.807) is 18.4 Å². The molecule has 2 aromatic rings. The summed E-state index contributed by atoms with van der Waals surface area (Å²) in [5.74, 6) is 1.28. The van der Waals surface area contributed by atoms with E-state index in [2.05, 4.69) is 71.0 Å². The fourth-order valence-corrected chi connectivity index (χ4v) is 3.15. The third kappa shape index (κ3) is 7.59. The lowest BCUT2D eigenvalue weighted by Gasteiger charge is -2.10. The summed E-state index contributed by atoms with van der Waals surface area (Å²) >= 11 is 1.69. The molecule has 0 aliphatic heterocycles. The molecular formula is C19H29IN4OS. The predicted octanol–water partition coefficient (Wildman–Crippen LogP) is 4.29. The average Bonchev–Trinajstić information content (AvgIpc) is 3.08. The maximum atomic E-state index is 5.14. The highest BCUT2D eigenvalue weighted by molar-refractivity contribution is 14.0. The predicted molar refractivity (Wildman–Crippen MR) is 120 cm³/mol. The maximum Gasteiger partial charge on any atom is 0.191 e. The monoisotopic (exact) mass is 488 g/mol. The van der Waals surface area contributed by atoms with Gasteiger partial charge >= 0.3 is 0 Å². The number of benzene rings is 1. The third-order valence-corrected chi connectivity index (χ3v) is 4.53. The number of aromatic nitrogens is 1. The minimum atomic E-state index is 0. The van der Waals surface area contributed by atoms with E-state index in [4.69, 9.17) is 4.74 Å². The van der Waals surface area contributed by atoms with Crippen LogP contribution in [-0.4, -0.2) is 24.6 Å². The molecule has 0 spiro atoms. The Bertz CT molecular complexity index is 670. The summed E-state index contributed by atoms with van der Waals surface area (Å²) < 4.78 is 5.14. The lowest BCUT2D eigenvalue weighted by molar-refractivity contribution is 0.185. The van der Waals surface area contributed by atoms with Crippen molar-refractivity contribution in [3.8, 4) is 0 Å². The van der Waals surface area contributed by atoms with Gasteiger partial charge < -0.3 is 15.4 Å². The molecule has 2 N–H and O–H groups in total. The van der Waals surface area contributed by atoms with Crippen LogP contribution in [0.1, 0.15) is 48.5 Å². The number of nitrogens with one attached hydrogen (secondary N) is 2. The molecule has 0 amide bonds. The van der Waals surface area contributed by atoms with Gasteiger partial charge in [-0.05, 0) is 24.0 Å². The fraction of sp³-hybridized carbons (Fsp3) is 0.474. The van der Waals surface area contributed by atoms with Crippen molar-refractivity contribution < 1.29 is 4.74 Å². The molecule has 0 radical (unpaired) electrons. The summed E-state index contributed by atoms with van der Waals surface area (Å²) in [6, 6.07) is 8.35. The average molecular weight is 488 g/mol. The zero-order valence-corrected chi connectivity index (χ0v) is 19.1. The van der Waals surface area contributed by atoms with Crippen LogP contribution in [0, 0.1) is 0 Å². The van der Waals surface area contributed by atoms with Crippen LogP contribution in [0.5, 0.6) is 0 Å². The highest BCUT2D eigenvalue weighted by Gasteiger charge is 2.06. The van der Waals surface area contributed by atoms with Crippen molar-refractivity contribution in [2.75, 3.05) is 13.7 Å². The summed E-state index contributed by atoms with van der Waals surface area (Å²) in [6.45, 7) is 9.18. The first-order valence-corrected chi connectivity index (χ1v) is 9.53. The van der Waals surface area contributed by atoms with Crippen LogP contribution in [0.15, 0.2) is 34.6 Å². The second-order valence-electron chi connectivity index (χ2n) is 6.12. The van der Waals surface area contributed by atoms with Crippen molar-refractivity contribution in [1.29, 1.82) is 0 Å². The van der Waals surface area contributed by atoms with Gasteiger partial charge in [-0.3, -0.25) is 0 Å². The Labute approximate surface area is 177 Å². The molecule has 0 aliphatic rings. The Balaban J connectivity index is 0.00000338. The SMILES string of the molecule is CCNC(=NCc1ccc(COC)cc1)NCc1nc(C(C)C)cs1.I. The van der Waals surface area contributed by atoms with Crippen LogP contribution in [0.3, 0.4) is 0 Å². The summed E-state index contributed by atoms with van der Waals surface area (Å²) in [6.07, 6.45) is 0. The quantitative estimate of drug-likeness (QED) is 0.331. The standard InChI is InChI=1S/C19H28N4OS.HI/c1-5-20-19(22-11-18-23-17(13-25-18)14(2)3)21-10-15-6-8-16(9-7-15)12-24-4;/h6-9,13-14H,5,10-12H2,1-4H3,(H2,20,21,22);1H. The van der Waals surface area contributed by atoms with Gasteiger partial charge in [-0.1, -0.05) is 38.1 Å². The number of hydrogen-bond donors (Lipinski definition) is 2. The zero-order valence-electron chi connectivity index (χ0n) is 15.9. The van der Waals surface area contributed by atoms with Gasteiger partial charge in [-0.25, -0.2) is 9.98 Å². The molecule has 0 bridgehead atoms. The first-order valence-electron chi connectivity index (χ1n) is 8.65. The summed E-state index contributed by atoms with van der Waals surface area (Å²) in [4.78, 5) is 9.31. The molecule has 1 aromatic heterocycles. The molecule has 0 unspecified atom stereocenters. The molecule has 7 heteroatoms. The molecule has 144 valence electrons. The van der Waals surface area contributed by atoms with Gasteiger partial charge in [0.25, 0.3) is 0 Å². The molecule has 0 fully saturated rings. The number of guanidine groups is 1. The topological polar surface area (TPSA) is 58.5 Å². The van der Waals surface area contributed by atoms with E-state index in [-0.39, 0.29) is 24.0 Å². The summed E-state index contributed by atoms with van der Waals surface area (Å²) in [7, 11) is 1.71. The largest absolute Gasteiger partial charge is 0.380 e. The van der Waals surface area contributed by atoms with Crippen LogP contribution >= 0.6 is 35.3 Å². The number of ether oxygens (including phenoxy) is 1. The number of thiazole rings is 1. The van der Waals surface area contributed by atoms with E-state index < -0.39 is 0 Å². The number of methoxy groups -OCH3 is 1. The summed E-state index contributed by atoms with van der Waals surface area (Å²) in [5.41, 5.74) is 3.50. The Morgan fingerprint density at radius 3 is 2.46 bits per heavy atom. The first-order chi connectivity index (χ1) is 12.1. The minimum absolute atomic E-state index is 0. The van der Waals surface area contributed by atoms with Gasteiger partial charge in [-0.2, -0.15) is 0 Å². The van der Waals surface area contributed by atoms with Gasteiger partial charge in [0, 0.05) is 19.0 Å². The molecular weight excluding hydrogens is 459 g/mol. The number of halogens is 1. The number of rotatable bonds is 8. The molecule has 1 aromatic carbocycles. The van der Waals surface area contributed by atoms with Crippen molar-refractivity contribution in [2.24, 2.45) is 4.99 Å². The van der Waals surface area contributed by atoms with E-state index in [1.807, 2.05) is 0 Å². The lowest BCUT2D eigenvalue weighted by atomic mass is 10.1. The summed E-state index contributed by atoms with van der Waals surface area (Å²) in [5, 5.41) is 9.85. The molecule has 1 heterocycles. The highest BCUT2D eigenvalue weighted by Crippen LogP contribution is 2.17. The number of hydrogen-bond acceptors (Lipinski definition) is 4. The molecule has 26 heavy (non-hydrogen) atoms. The fourth-order valence-electron chi connectivity index (χ4n) is 2.25. The second kappa shape index (κ2) is 12.2. The van der Waals surface area contributed by atoms with Crippen LogP contribution in [0.25, 0.3) is 0 Å². The van der Waals surface area contributed by atoms with E-state index in [0.717, 1.165) is 23.2 Å². The molecule has 0 aliphatic carbocycles. The lowest BCUT2D eigenvalue weighted by Crippen LogP contribution is -2.36. The van der Waals surface area contributed by atoms with Gasteiger partial charge in [-0.15, -0.1) is 35.3 Å². The van der Waals surface area contributed by atoms with E-state index in [0.29, 0.717) is 25.6 Å². The van der Waals surface area contributed by atoms with Crippen molar-refractivity contribution >= 4 is 41.3 Å². The molecule has 0 atom stereocenters. The van der Waals surface area contributed by atoms with Crippen molar-refractivity contribution in [3.05, 3.63) is 51.5 Å². The van der Waals surface area contributed by atoms with Crippen molar-refractivity contribution in [1.82, 2.24) is 15.6 Å². The van der Waals surface area contributed by atoms with Gasteiger partial charge in [0.1, 0.15) is 5.01 Å². The Morgan fingerprint density at radius 1 is 1.19 bits per heavy atom. The molecule has 0 saturated carbocycles. The normalized spacial score (nSPS) is 11.3. The molecule has 5 nitrogen and oxygen atoms in total. The van der Waals surface area contributed by atoms with Crippen LogP contribution in [0.2, 0.25) is 0 Å². The van der Waals surface area contributed by atoms with Crippen molar-refractivity contribution in [2.45, 2.75) is 46.4 Å². The van der Waals surface area contributed by atoms with E-state index in [9.17, 15) is 0 Å². The zero-order chi connectivity index (χ0) is 18.1. The Kier molecular flexibility index (Phi) is 10.8. The molecule has 2 rings (SSSR count). The minimum Gasteiger partial charge on any atom is -0.380 e. The Hall–Kier alpha value is -1.19.